The average molecular weight is 275 g/mol. The molecule has 0 atom stereocenters. The van der Waals surface area contributed by atoms with E-state index in [-0.39, 0.29) is 12.4 Å². The van der Waals surface area contributed by atoms with Gasteiger partial charge in [0, 0.05) is 0 Å². The molecule has 1 aliphatic heterocycles. The van der Waals surface area contributed by atoms with Crippen LogP contribution < -0.4 is 15.7 Å². The molecular weight excluding hydrogens is 260 g/mol. The van der Waals surface area contributed by atoms with Gasteiger partial charge in [0.1, 0.15) is 5.84 Å². The maximum Gasteiger partial charge on any atom is 0.142 e. The van der Waals surface area contributed by atoms with Crippen molar-refractivity contribution in [3.63, 3.8) is 0 Å². The van der Waals surface area contributed by atoms with Crippen molar-refractivity contribution in [1.29, 1.82) is 0 Å². The number of hydrazine groups is 2. The van der Waals surface area contributed by atoms with Gasteiger partial charge < -0.3 is 0 Å². The summed E-state index contributed by atoms with van der Waals surface area (Å²) in [5, 5.41) is 8.25. The fourth-order valence-corrected chi connectivity index (χ4v) is 1.89. The second-order valence-electron chi connectivity index (χ2n) is 4.07. The van der Waals surface area contributed by atoms with Gasteiger partial charge in [-0.05, 0) is 31.2 Å². The smallest absolute Gasteiger partial charge is 0.142 e. The Morgan fingerprint density at radius 2 is 1.37 bits per heavy atom. The Bertz CT molecular complexity index is 556. The number of benzene rings is 2. The van der Waals surface area contributed by atoms with Crippen molar-refractivity contribution in [1.82, 2.24) is 5.43 Å². The van der Waals surface area contributed by atoms with E-state index >= 15 is 0 Å². The zero-order valence-corrected chi connectivity index (χ0v) is 11.3. The SMILES string of the molecule is CC1=NN(c2ccccc2)N(c2ccccc2)N1.Cl. The maximum atomic E-state index is 4.48. The predicted octanol–water partition coefficient (Wildman–Crippen LogP) is 3.19. The third-order valence-corrected chi connectivity index (χ3v) is 2.69. The normalized spacial score (nSPS) is 13.6. The van der Waals surface area contributed by atoms with E-state index in [0.717, 1.165) is 17.2 Å². The fraction of sp³-hybridized carbons (Fsp3) is 0.0714. The molecule has 1 heterocycles. The van der Waals surface area contributed by atoms with Crippen LogP contribution in [0.2, 0.25) is 0 Å². The number of nitrogens with one attached hydrogen (secondary N) is 1. The molecule has 2 aromatic carbocycles. The number of hydrazone groups is 1. The lowest BCUT2D eigenvalue weighted by Gasteiger charge is -2.27. The van der Waals surface area contributed by atoms with Crippen LogP contribution in [0.4, 0.5) is 11.4 Å². The predicted molar refractivity (Wildman–Crippen MR) is 81.3 cm³/mol. The summed E-state index contributed by atoms with van der Waals surface area (Å²) < 4.78 is 0. The van der Waals surface area contributed by atoms with E-state index in [0.29, 0.717) is 0 Å². The van der Waals surface area contributed by atoms with Gasteiger partial charge in [-0.1, -0.05) is 36.4 Å². The van der Waals surface area contributed by atoms with E-state index in [9.17, 15) is 0 Å². The van der Waals surface area contributed by atoms with Crippen LogP contribution in [-0.2, 0) is 0 Å². The summed E-state index contributed by atoms with van der Waals surface area (Å²) in [6.07, 6.45) is 0. The average Bonchev–Trinajstić information content (AvgIpc) is 2.83. The molecule has 0 unspecified atom stereocenters. The van der Waals surface area contributed by atoms with Crippen LogP contribution in [0.5, 0.6) is 0 Å². The molecule has 0 aromatic heterocycles. The van der Waals surface area contributed by atoms with Crippen molar-refractivity contribution < 1.29 is 0 Å². The van der Waals surface area contributed by atoms with Crippen molar-refractivity contribution in [2.24, 2.45) is 5.10 Å². The Morgan fingerprint density at radius 1 is 0.842 bits per heavy atom. The first-order valence-electron chi connectivity index (χ1n) is 5.87. The summed E-state index contributed by atoms with van der Waals surface area (Å²) in [5.41, 5.74) is 5.29. The molecule has 0 aliphatic carbocycles. The summed E-state index contributed by atoms with van der Waals surface area (Å²) in [6, 6.07) is 20.1. The lowest BCUT2D eigenvalue weighted by molar-refractivity contribution is 0.770. The zero-order chi connectivity index (χ0) is 12.4. The highest BCUT2D eigenvalue weighted by Crippen LogP contribution is 2.23. The summed E-state index contributed by atoms with van der Waals surface area (Å²) in [4.78, 5) is 0. The summed E-state index contributed by atoms with van der Waals surface area (Å²) in [5.74, 6) is 0.864. The Labute approximate surface area is 118 Å². The lowest BCUT2D eigenvalue weighted by Crippen LogP contribution is -2.44. The van der Waals surface area contributed by atoms with Crippen LogP contribution in [0, 0.1) is 0 Å². The molecule has 3 rings (SSSR count). The molecule has 0 saturated heterocycles. The first-order chi connectivity index (χ1) is 8.84. The molecule has 0 fully saturated rings. The van der Waals surface area contributed by atoms with E-state index in [1.807, 2.05) is 77.8 Å². The minimum atomic E-state index is 0. The molecule has 1 aliphatic rings. The van der Waals surface area contributed by atoms with E-state index in [1.165, 1.54) is 0 Å². The zero-order valence-electron chi connectivity index (χ0n) is 10.5. The number of anilines is 2. The van der Waals surface area contributed by atoms with Crippen molar-refractivity contribution in [2.45, 2.75) is 6.92 Å². The molecule has 0 spiro atoms. The molecule has 0 amide bonds. The van der Waals surface area contributed by atoms with Gasteiger partial charge >= 0.3 is 0 Å². The Hall–Kier alpha value is -2.20. The molecular formula is C14H15ClN4. The molecule has 98 valence electrons. The molecule has 19 heavy (non-hydrogen) atoms. The van der Waals surface area contributed by atoms with Crippen LogP contribution in [0.15, 0.2) is 65.8 Å². The first kappa shape index (κ1) is 13.2. The Morgan fingerprint density at radius 3 is 1.95 bits per heavy atom. The Kier molecular flexibility index (Phi) is 3.92. The van der Waals surface area contributed by atoms with Gasteiger partial charge in [-0.15, -0.1) is 17.5 Å². The van der Waals surface area contributed by atoms with E-state index < -0.39 is 0 Å². The lowest BCUT2D eigenvalue weighted by atomic mass is 10.3. The standard InChI is InChI=1S/C14H14N4.ClH/c1-12-15-17(13-8-4-2-5-9-13)18(16-12)14-10-6-3-7-11-14;/h2-11H,1H3,(H,15,16);1H. The molecule has 0 saturated carbocycles. The molecule has 5 heteroatoms. The summed E-state index contributed by atoms with van der Waals surface area (Å²) in [6.45, 7) is 1.94. The quantitative estimate of drug-likeness (QED) is 0.912. The Balaban J connectivity index is 0.00000133. The molecule has 0 bridgehead atoms. The summed E-state index contributed by atoms with van der Waals surface area (Å²) in [7, 11) is 0. The van der Waals surface area contributed by atoms with Gasteiger partial charge in [0.25, 0.3) is 0 Å². The highest BCUT2D eigenvalue weighted by molar-refractivity contribution is 5.86. The number of hydrogen-bond donors (Lipinski definition) is 1. The van der Waals surface area contributed by atoms with Crippen molar-refractivity contribution in [3.05, 3.63) is 60.7 Å². The van der Waals surface area contributed by atoms with Gasteiger partial charge in [-0.3, -0.25) is 5.43 Å². The van der Waals surface area contributed by atoms with Crippen LogP contribution in [0.3, 0.4) is 0 Å². The number of halogens is 1. The number of amidine groups is 1. The number of hydrogen-bond acceptors (Lipinski definition) is 4. The monoisotopic (exact) mass is 274 g/mol. The van der Waals surface area contributed by atoms with Gasteiger partial charge in [0.15, 0.2) is 0 Å². The van der Waals surface area contributed by atoms with E-state index in [1.54, 1.807) is 0 Å². The van der Waals surface area contributed by atoms with Gasteiger partial charge in [-0.25, -0.2) is 0 Å². The maximum absolute atomic E-state index is 4.48. The van der Waals surface area contributed by atoms with E-state index in [4.69, 9.17) is 0 Å². The highest BCUT2D eigenvalue weighted by atomic mass is 35.5. The first-order valence-corrected chi connectivity index (χ1v) is 5.87. The molecule has 1 N–H and O–H groups in total. The van der Waals surface area contributed by atoms with Crippen LogP contribution >= 0.6 is 12.4 Å². The second kappa shape index (κ2) is 5.63. The number of para-hydroxylation sites is 2. The molecule has 4 nitrogen and oxygen atoms in total. The second-order valence-corrected chi connectivity index (χ2v) is 4.07. The minimum absolute atomic E-state index is 0. The topological polar surface area (TPSA) is 30.9 Å². The van der Waals surface area contributed by atoms with Crippen molar-refractivity contribution >= 4 is 29.6 Å². The van der Waals surface area contributed by atoms with E-state index in [2.05, 4.69) is 10.5 Å². The third-order valence-electron chi connectivity index (χ3n) is 2.69. The fourth-order valence-electron chi connectivity index (χ4n) is 1.89. The van der Waals surface area contributed by atoms with Gasteiger partial charge in [0.05, 0.1) is 11.4 Å². The molecule has 0 radical (unpaired) electrons. The largest absolute Gasteiger partial charge is 0.263 e. The van der Waals surface area contributed by atoms with Crippen LogP contribution in [0.1, 0.15) is 6.92 Å². The number of rotatable bonds is 2. The highest BCUT2D eigenvalue weighted by Gasteiger charge is 2.22. The van der Waals surface area contributed by atoms with Crippen LogP contribution in [-0.4, -0.2) is 5.84 Å². The summed E-state index contributed by atoms with van der Waals surface area (Å²) >= 11 is 0. The number of nitrogens with zero attached hydrogens (tertiary/aromatic N) is 3. The molecule has 2 aromatic rings. The minimum Gasteiger partial charge on any atom is -0.263 e. The van der Waals surface area contributed by atoms with Crippen molar-refractivity contribution in [3.8, 4) is 0 Å². The van der Waals surface area contributed by atoms with Crippen molar-refractivity contribution in [2.75, 3.05) is 10.2 Å². The van der Waals surface area contributed by atoms with Gasteiger partial charge in [0.2, 0.25) is 0 Å². The van der Waals surface area contributed by atoms with Gasteiger partial charge in [-0.2, -0.15) is 10.2 Å². The van der Waals surface area contributed by atoms with Crippen LogP contribution in [0.25, 0.3) is 0 Å². The third kappa shape index (κ3) is 2.63.